The lowest BCUT2D eigenvalue weighted by Gasteiger charge is -2.53. The number of aryl methyl sites for hydroxylation is 1. The van der Waals surface area contributed by atoms with Crippen molar-refractivity contribution in [3.63, 3.8) is 0 Å². The van der Waals surface area contributed by atoms with Gasteiger partial charge in [-0.15, -0.1) is 11.3 Å². The van der Waals surface area contributed by atoms with Crippen LogP contribution in [0, 0.1) is 5.41 Å². The molecule has 0 radical (unpaired) electrons. The molecule has 0 atom stereocenters. The summed E-state index contributed by atoms with van der Waals surface area (Å²) in [5.74, 6) is -0.188. The summed E-state index contributed by atoms with van der Waals surface area (Å²) in [4.78, 5) is 22.5. The van der Waals surface area contributed by atoms with Gasteiger partial charge in [0, 0.05) is 31.6 Å². The third-order valence-electron chi connectivity index (χ3n) is 5.68. The Morgan fingerprint density at radius 3 is 2.68 bits per heavy atom. The number of carbonyl (C=O) groups excluding carboxylic acids is 1. The fourth-order valence-electron chi connectivity index (χ4n) is 4.31. The second-order valence-electron chi connectivity index (χ2n) is 7.94. The molecule has 2 aromatic rings. The number of likely N-dealkylation sites (tertiary alicyclic amines) is 1. The van der Waals surface area contributed by atoms with Gasteiger partial charge < -0.3 is 9.88 Å². The maximum absolute atomic E-state index is 12.5. The number of hydrogen-bond donors (Lipinski definition) is 1. The van der Waals surface area contributed by atoms with Gasteiger partial charge in [0.05, 0.1) is 24.8 Å². The number of amides is 1. The van der Waals surface area contributed by atoms with Crippen molar-refractivity contribution in [2.24, 2.45) is 12.5 Å². The van der Waals surface area contributed by atoms with Crippen LogP contribution in [0.4, 0.5) is 13.2 Å². The van der Waals surface area contributed by atoms with Crippen LogP contribution in [0.5, 0.6) is 0 Å². The molecule has 2 aromatic heterocycles. The lowest BCUT2D eigenvalue weighted by Crippen LogP contribution is -2.60. The lowest BCUT2D eigenvalue weighted by atomic mass is 9.67. The number of imidazole rings is 1. The van der Waals surface area contributed by atoms with Gasteiger partial charge in [-0.1, -0.05) is 0 Å². The fraction of sp³-hybridized carbons (Fsp3) is 0.611. The molecular weight excluding hydrogens is 391 g/mol. The van der Waals surface area contributed by atoms with Gasteiger partial charge in [-0.3, -0.25) is 9.69 Å². The van der Waals surface area contributed by atoms with E-state index in [4.69, 9.17) is 0 Å². The standard InChI is InChI=1S/C18H22F3N5OS/c1-25-11-22-6-14(25)13-7-28-16(24-13)15(27)23-12-2-4-17(5-3-12)8-26(9-17)10-18(19,20)21/h6-7,11-12H,2-5,8-10H2,1H3,(H,23,27). The highest BCUT2D eigenvalue weighted by atomic mass is 32.1. The van der Waals surface area contributed by atoms with E-state index in [1.165, 1.54) is 16.2 Å². The third-order valence-corrected chi connectivity index (χ3v) is 6.52. The minimum atomic E-state index is -4.13. The molecular formula is C18H22F3N5OS. The average Bonchev–Trinajstić information content (AvgIpc) is 3.22. The van der Waals surface area contributed by atoms with E-state index in [9.17, 15) is 18.0 Å². The number of carbonyl (C=O) groups is 1. The Kier molecular flexibility index (Phi) is 4.95. The lowest BCUT2D eigenvalue weighted by molar-refractivity contribution is -0.173. The highest BCUT2D eigenvalue weighted by molar-refractivity contribution is 7.12. The van der Waals surface area contributed by atoms with Gasteiger partial charge in [0.15, 0.2) is 5.01 Å². The van der Waals surface area contributed by atoms with Crippen LogP contribution in [0.1, 0.15) is 35.5 Å². The van der Waals surface area contributed by atoms with Crippen molar-refractivity contribution in [3.05, 3.63) is 22.9 Å². The molecule has 0 unspecified atom stereocenters. The minimum Gasteiger partial charge on any atom is -0.347 e. The first-order chi connectivity index (χ1) is 13.2. The van der Waals surface area contributed by atoms with E-state index >= 15 is 0 Å². The van der Waals surface area contributed by atoms with Gasteiger partial charge in [-0.05, 0) is 31.1 Å². The van der Waals surface area contributed by atoms with Gasteiger partial charge in [-0.2, -0.15) is 13.2 Å². The van der Waals surface area contributed by atoms with Crippen molar-refractivity contribution in [3.8, 4) is 11.4 Å². The van der Waals surface area contributed by atoms with Crippen molar-refractivity contribution in [1.82, 2.24) is 24.8 Å². The number of hydrogen-bond acceptors (Lipinski definition) is 5. The molecule has 1 saturated heterocycles. The minimum absolute atomic E-state index is 0.000359. The van der Waals surface area contributed by atoms with E-state index in [0.29, 0.717) is 18.1 Å². The normalized spacial score (nSPS) is 20.3. The van der Waals surface area contributed by atoms with E-state index in [1.54, 1.807) is 12.5 Å². The fourth-order valence-corrected chi connectivity index (χ4v) is 5.02. The average molecular weight is 413 g/mol. The van der Waals surface area contributed by atoms with Gasteiger partial charge in [0.25, 0.3) is 5.91 Å². The van der Waals surface area contributed by atoms with Gasteiger partial charge in [-0.25, -0.2) is 9.97 Å². The van der Waals surface area contributed by atoms with Crippen molar-refractivity contribution in [2.45, 2.75) is 37.9 Å². The van der Waals surface area contributed by atoms with Crippen LogP contribution < -0.4 is 5.32 Å². The first kappa shape index (κ1) is 19.4. The van der Waals surface area contributed by atoms with Crippen LogP contribution >= 0.6 is 11.3 Å². The van der Waals surface area contributed by atoms with E-state index in [0.717, 1.165) is 37.1 Å². The summed E-state index contributed by atoms with van der Waals surface area (Å²) >= 11 is 1.30. The first-order valence-electron chi connectivity index (χ1n) is 9.25. The number of thiazole rings is 1. The molecule has 1 N–H and O–H groups in total. The maximum Gasteiger partial charge on any atom is 0.401 e. The second-order valence-corrected chi connectivity index (χ2v) is 8.79. The monoisotopic (exact) mass is 413 g/mol. The molecule has 4 rings (SSSR count). The summed E-state index contributed by atoms with van der Waals surface area (Å²) in [7, 11) is 1.87. The number of nitrogens with zero attached hydrogens (tertiary/aromatic N) is 4. The highest BCUT2D eigenvalue weighted by Gasteiger charge is 2.48. The Bertz CT molecular complexity index is 846. The number of aromatic nitrogens is 3. The molecule has 10 heteroatoms. The summed E-state index contributed by atoms with van der Waals surface area (Å²) in [6.07, 6.45) is 2.56. The molecule has 152 valence electrons. The van der Waals surface area contributed by atoms with Crippen LogP contribution in [0.2, 0.25) is 0 Å². The quantitative estimate of drug-likeness (QED) is 0.837. The predicted molar refractivity (Wildman–Crippen MR) is 99.0 cm³/mol. The SMILES string of the molecule is Cn1cncc1-c1csc(C(=O)NC2CCC3(CC2)CN(CC(F)(F)F)C3)n1. The summed E-state index contributed by atoms with van der Waals surface area (Å²) in [5.41, 5.74) is 1.57. The Labute approximate surface area is 164 Å². The Morgan fingerprint density at radius 1 is 1.36 bits per heavy atom. The summed E-state index contributed by atoms with van der Waals surface area (Å²) < 4.78 is 39.2. The Morgan fingerprint density at radius 2 is 2.07 bits per heavy atom. The zero-order chi connectivity index (χ0) is 19.9. The van der Waals surface area contributed by atoms with Crippen LogP contribution in [0.15, 0.2) is 17.9 Å². The van der Waals surface area contributed by atoms with E-state index in [-0.39, 0.29) is 17.4 Å². The third kappa shape index (κ3) is 4.07. The number of rotatable bonds is 4. The molecule has 2 fully saturated rings. The molecule has 6 nitrogen and oxygen atoms in total. The molecule has 1 amide bonds. The Hall–Kier alpha value is -1.94. The number of nitrogens with one attached hydrogen (secondary N) is 1. The number of halogens is 3. The molecule has 1 aliphatic carbocycles. The molecule has 0 aromatic carbocycles. The largest absolute Gasteiger partial charge is 0.401 e. The van der Waals surface area contributed by atoms with Crippen molar-refractivity contribution < 1.29 is 18.0 Å². The number of alkyl halides is 3. The highest BCUT2D eigenvalue weighted by Crippen LogP contribution is 2.44. The molecule has 28 heavy (non-hydrogen) atoms. The Balaban J connectivity index is 1.27. The zero-order valence-corrected chi connectivity index (χ0v) is 16.3. The van der Waals surface area contributed by atoms with Crippen LogP contribution in [-0.4, -0.2) is 57.2 Å². The van der Waals surface area contributed by atoms with Crippen LogP contribution in [-0.2, 0) is 7.05 Å². The van der Waals surface area contributed by atoms with Crippen molar-refractivity contribution in [1.29, 1.82) is 0 Å². The first-order valence-corrected chi connectivity index (χ1v) is 10.1. The molecule has 2 aliphatic rings. The summed E-state index contributed by atoms with van der Waals surface area (Å²) in [5, 5.41) is 5.29. The van der Waals surface area contributed by atoms with Crippen LogP contribution in [0.3, 0.4) is 0 Å². The summed E-state index contributed by atoms with van der Waals surface area (Å²) in [6.45, 7) is 0.194. The maximum atomic E-state index is 12.5. The molecule has 1 aliphatic heterocycles. The van der Waals surface area contributed by atoms with Crippen molar-refractivity contribution >= 4 is 17.2 Å². The van der Waals surface area contributed by atoms with Gasteiger partial charge in [0.2, 0.25) is 0 Å². The van der Waals surface area contributed by atoms with E-state index < -0.39 is 12.7 Å². The smallest absolute Gasteiger partial charge is 0.347 e. The predicted octanol–water partition coefficient (Wildman–Crippen LogP) is 3.08. The summed E-state index contributed by atoms with van der Waals surface area (Å²) in [6, 6.07) is 0.0545. The van der Waals surface area contributed by atoms with E-state index in [1.807, 2.05) is 17.0 Å². The zero-order valence-electron chi connectivity index (χ0n) is 15.5. The van der Waals surface area contributed by atoms with Crippen molar-refractivity contribution in [2.75, 3.05) is 19.6 Å². The van der Waals surface area contributed by atoms with Crippen LogP contribution in [0.25, 0.3) is 11.4 Å². The van der Waals surface area contributed by atoms with Gasteiger partial charge in [0.1, 0.15) is 5.69 Å². The molecule has 1 spiro atoms. The van der Waals surface area contributed by atoms with Gasteiger partial charge >= 0.3 is 6.18 Å². The molecule has 3 heterocycles. The second kappa shape index (κ2) is 7.14. The topological polar surface area (TPSA) is 63.1 Å². The van der Waals surface area contributed by atoms with E-state index in [2.05, 4.69) is 15.3 Å². The molecule has 0 bridgehead atoms. The molecule has 1 saturated carbocycles.